The fourth-order valence-electron chi connectivity index (χ4n) is 3.17. The molecule has 0 fully saturated rings. The van der Waals surface area contributed by atoms with E-state index in [9.17, 15) is 13.2 Å². The molecule has 3 rings (SSSR count). The highest BCUT2D eigenvalue weighted by Crippen LogP contribution is 2.24. The lowest BCUT2D eigenvalue weighted by molar-refractivity contribution is -0.123. The molecule has 0 radical (unpaired) electrons. The smallest absolute Gasteiger partial charge is 0.263 e. The lowest BCUT2D eigenvalue weighted by Crippen LogP contribution is -2.39. The molecule has 1 aliphatic rings. The van der Waals surface area contributed by atoms with Gasteiger partial charge >= 0.3 is 0 Å². The minimum atomic E-state index is -3.65. The second-order valence-electron chi connectivity index (χ2n) is 6.94. The van der Waals surface area contributed by atoms with Crippen LogP contribution in [-0.2, 0) is 21.4 Å². The molecule has 7 nitrogen and oxygen atoms in total. The van der Waals surface area contributed by atoms with Gasteiger partial charge in [-0.2, -0.15) is 0 Å². The van der Waals surface area contributed by atoms with Crippen LogP contribution in [0.15, 0.2) is 58.4 Å². The Morgan fingerprint density at radius 1 is 1.17 bits per heavy atom. The van der Waals surface area contributed by atoms with Crippen molar-refractivity contribution < 1.29 is 17.9 Å². The molecule has 1 amide bonds. The Balaban J connectivity index is 1.86. The molecule has 0 aliphatic carbocycles. The molecule has 0 unspecified atom stereocenters. The second-order valence-corrected chi connectivity index (χ2v) is 8.59. The standard InChI is InChI=1S/C21H25N3O4S/c1-4-14(2)19(21(25)22-13-15-9-5-7-11-17(15)28-3)23-20-16-10-6-8-12-18(16)29(26,27)24-20/h5-12,14,19H,4,13H2,1-3H3,(H,22,25)(H,23,24)/t14-,19-/m0/s1. The number of carbonyl (C=O) groups excluding carboxylic acids is 1. The average molecular weight is 416 g/mol. The zero-order chi connectivity index (χ0) is 21.0. The number of fused-ring (bicyclic) bond motifs is 1. The summed E-state index contributed by atoms with van der Waals surface area (Å²) < 4.78 is 32.5. The largest absolute Gasteiger partial charge is 0.496 e. The fourth-order valence-corrected chi connectivity index (χ4v) is 4.41. The zero-order valence-electron chi connectivity index (χ0n) is 16.7. The van der Waals surface area contributed by atoms with Gasteiger partial charge in [-0.3, -0.25) is 14.5 Å². The molecular formula is C21H25N3O4S. The molecule has 2 atom stereocenters. The summed E-state index contributed by atoms with van der Waals surface area (Å²) in [6, 6.07) is 13.3. The molecule has 0 aromatic heterocycles. The first-order valence-corrected chi connectivity index (χ1v) is 10.9. The van der Waals surface area contributed by atoms with Crippen molar-refractivity contribution in [1.29, 1.82) is 0 Å². The van der Waals surface area contributed by atoms with Gasteiger partial charge in [0.25, 0.3) is 10.0 Å². The van der Waals surface area contributed by atoms with Crippen molar-refractivity contribution in [3.8, 4) is 5.75 Å². The first-order valence-electron chi connectivity index (χ1n) is 9.47. The fraction of sp³-hybridized carbons (Fsp3) is 0.333. The number of hydrogen-bond acceptors (Lipinski definition) is 5. The minimum Gasteiger partial charge on any atom is -0.496 e. The van der Waals surface area contributed by atoms with Crippen molar-refractivity contribution in [2.75, 3.05) is 7.11 Å². The van der Waals surface area contributed by atoms with Gasteiger partial charge in [-0.05, 0) is 24.1 Å². The van der Waals surface area contributed by atoms with Gasteiger partial charge < -0.3 is 10.1 Å². The van der Waals surface area contributed by atoms with E-state index in [1.165, 1.54) is 6.07 Å². The number of hydrogen-bond donors (Lipinski definition) is 2. The number of aliphatic imine (C=N–C) groups is 1. The highest BCUT2D eigenvalue weighted by molar-refractivity contribution is 7.90. The Hall–Kier alpha value is -2.87. The van der Waals surface area contributed by atoms with Gasteiger partial charge in [0.05, 0.1) is 12.0 Å². The van der Waals surface area contributed by atoms with E-state index in [-0.39, 0.29) is 22.6 Å². The number of nitrogens with zero attached hydrogens (tertiary/aromatic N) is 1. The Morgan fingerprint density at radius 2 is 1.86 bits per heavy atom. The summed E-state index contributed by atoms with van der Waals surface area (Å²) in [7, 11) is -2.07. The van der Waals surface area contributed by atoms with Crippen molar-refractivity contribution in [3.63, 3.8) is 0 Å². The van der Waals surface area contributed by atoms with Crippen LogP contribution in [0.25, 0.3) is 0 Å². The molecule has 0 bridgehead atoms. The van der Waals surface area contributed by atoms with Crippen LogP contribution in [0.4, 0.5) is 0 Å². The molecule has 2 aromatic rings. The minimum absolute atomic E-state index is 0.0718. The molecule has 0 saturated carbocycles. The van der Waals surface area contributed by atoms with Crippen LogP contribution in [0.1, 0.15) is 31.4 Å². The maximum atomic E-state index is 12.9. The molecule has 1 heterocycles. The van der Waals surface area contributed by atoms with Gasteiger partial charge in [-0.15, -0.1) is 0 Å². The van der Waals surface area contributed by atoms with E-state index in [1.807, 2.05) is 38.1 Å². The molecule has 0 saturated heterocycles. The van der Waals surface area contributed by atoms with E-state index < -0.39 is 16.1 Å². The molecular weight excluding hydrogens is 390 g/mol. The monoisotopic (exact) mass is 415 g/mol. The van der Waals surface area contributed by atoms with Crippen molar-refractivity contribution in [1.82, 2.24) is 10.0 Å². The van der Waals surface area contributed by atoms with E-state index in [4.69, 9.17) is 4.74 Å². The van der Waals surface area contributed by atoms with Crippen molar-refractivity contribution in [3.05, 3.63) is 59.7 Å². The van der Waals surface area contributed by atoms with Crippen LogP contribution in [0.3, 0.4) is 0 Å². The van der Waals surface area contributed by atoms with Crippen LogP contribution < -0.4 is 14.8 Å². The molecule has 29 heavy (non-hydrogen) atoms. The van der Waals surface area contributed by atoms with Crippen LogP contribution in [0.2, 0.25) is 0 Å². The van der Waals surface area contributed by atoms with E-state index in [1.54, 1.807) is 25.3 Å². The third-order valence-electron chi connectivity index (χ3n) is 5.03. The van der Waals surface area contributed by atoms with Gasteiger partial charge in [0.15, 0.2) is 0 Å². The Bertz CT molecular complexity index is 1030. The summed E-state index contributed by atoms with van der Waals surface area (Å²) in [6.45, 7) is 4.19. The van der Waals surface area contributed by atoms with Crippen molar-refractivity contribution in [2.24, 2.45) is 10.9 Å². The van der Waals surface area contributed by atoms with Gasteiger partial charge in [0.2, 0.25) is 5.91 Å². The van der Waals surface area contributed by atoms with Gasteiger partial charge in [-0.25, -0.2) is 8.42 Å². The lowest BCUT2D eigenvalue weighted by Gasteiger charge is -2.20. The maximum Gasteiger partial charge on any atom is 0.263 e. The van der Waals surface area contributed by atoms with Crippen LogP contribution in [-0.4, -0.2) is 33.3 Å². The Labute approximate surface area is 171 Å². The molecule has 8 heteroatoms. The zero-order valence-corrected chi connectivity index (χ0v) is 17.5. The summed E-state index contributed by atoms with van der Waals surface area (Å²) >= 11 is 0. The number of benzene rings is 2. The SMILES string of the molecule is CC[C@H](C)[C@H](N=C1NS(=O)(=O)c2ccccc21)C(=O)NCc1ccccc1OC. The second kappa shape index (κ2) is 8.65. The van der Waals surface area contributed by atoms with Crippen LogP contribution in [0.5, 0.6) is 5.75 Å². The maximum absolute atomic E-state index is 12.9. The number of para-hydroxylation sites is 1. The highest BCUT2D eigenvalue weighted by atomic mass is 32.2. The quantitative estimate of drug-likeness (QED) is 0.726. The molecule has 2 aromatic carbocycles. The summed E-state index contributed by atoms with van der Waals surface area (Å²) in [5, 5.41) is 2.90. The van der Waals surface area contributed by atoms with Crippen LogP contribution >= 0.6 is 0 Å². The predicted molar refractivity (Wildman–Crippen MR) is 111 cm³/mol. The van der Waals surface area contributed by atoms with Gasteiger partial charge in [0, 0.05) is 17.7 Å². The molecule has 0 spiro atoms. The Kier molecular flexibility index (Phi) is 6.22. The number of methoxy groups -OCH3 is 1. The highest BCUT2D eigenvalue weighted by Gasteiger charge is 2.33. The average Bonchev–Trinajstić information content (AvgIpc) is 3.00. The number of amides is 1. The first-order chi connectivity index (χ1) is 13.9. The van der Waals surface area contributed by atoms with Crippen LogP contribution in [0, 0.1) is 5.92 Å². The summed E-state index contributed by atoms with van der Waals surface area (Å²) in [4.78, 5) is 17.6. The first kappa shape index (κ1) is 20.9. The molecule has 1 aliphatic heterocycles. The van der Waals surface area contributed by atoms with Gasteiger partial charge in [0.1, 0.15) is 17.6 Å². The number of amidine groups is 1. The number of nitrogens with one attached hydrogen (secondary N) is 2. The number of rotatable bonds is 7. The van der Waals surface area contributed by atoms with Gasteiger partial charge in [-0.1, -0.05) is 50.6 Å². The third kappa shape index (κ3) is 4.42. The number of ether oxygens (including phenoxy) is 1. The Morgan fingerprint density at radius 3 is 2.59 bits per heavy atom. The molecule has 154 valence electrons. The summed E-state index contributed by atoms with van der Waals surface area (Å²) in [5.74, 6) is 0.564. The number of sulfonamides is 1. The molecule has 2 N–H and O–H groups in total. The van der Waals surface area contributed by atoms with E-state index in [0.29, 0.717) is 17.9 Å². The van der Waals surface area contributed by atoms with Crippen molar-refractivity contribution in [2.45, 2.75) is 37.8 Å². The summed E-state index contributed by atoms with van der Waals surface area (Å²) in [5.41, 5.74) is 1.34. The summed E-state index contributed by atoms with van der Waals surface area (Å²) in [6.07, 6.45) is 0.720. The number of carbonyl (C=O) groups is 1. The van der Waals surface area contributed by atoms with E-state index >= 15 is 0 Å². The predicted octanol–water partition coefficient (Wildman–Crippen LogP) is 2.46. The van der Waals surface area contributed by atoms with E-state index in [2.05, 4.69) is 15.0 Å². The third-order valence-corrected chi connectivity index (χ3v) is 6.43. The lowest BCUT2D eigenvalue weighted by atomic mass is 9.98. The van der Waals surface area contributed by atoms with Crippen molar-refractivity contribution >= 4 is 21.8 Å². The van der Waals surface area contributed by atoms with E-state index in [0.717, 1.165) is 12.0 Å². The topological polar surface area (TPSA) is 96.9 Å². The normalized spacial score (nSPS) is 17.8.